The van der Waals surface area contributed by atoms with E-state index < -0.39 is 42.5 Å². The Morgan fingerprint density at radius 2 is 1.83 bits per heavy atom. The summed E-state index contributed by atoms with van der Waals surface area (Å²) < 4.78 is 41.3. The lowest BCUT2D eigenvalue weighted by Gasteiger charge is -2.33. The molecule has 1 atom stereocenters. The first-order valence-corrected chi connectivity index (χ1v) is 9.63. The van der Waals surface area contributed by atoms with Crippen LogP contribution in [0.2, 0.25) is 0 Å². The molecule has 1 aromatic carbocycles. The van der Waals surface area contributed by atoms with Crippen molar-refractivity contribution < 1.29 is 27.6 Å². The highest BCUT2D eigenvalue weighted by atomic mass is 19.4. The van der Waals surface area contributed by atoms with Crippen LogP contribution in [0.4, 0.5) is 24.5 Å². The molecular formula is C20H27F3N4O3. The molecule has 0 aliphatic carbocycles. The smallest absolute Gasteiger partial charge is 0.350 e. The molecule has 10 heteroatoms. The fourth-order valence-corrected chi connectivity index (χ4v) is 3.20. The minimum absolute atomic E-state index is 0.0223. The fraction of sp³-hybridized carbons (Fsp3) is 0.550. The Balaban J connectivity index is 2.31. The van der Waals surface area contributed by atoms with Gasteiger partial charge in [0.25, 0.3) is 0 Å². The molecule has 1 aliphatic rings. The molecule has 7 nitrogen and oxygen atoms in total. The monoisotopic (exact) mass is 428 g/mol. The molecule has 0 spiro atoms. The maximum atomic E-state index is 13.8. The number of alkyl halides is 3. The molecule has 166 valence electrons. The van der Waals surface area contributed by atoms with E-state index in [1.807, 2.05) is 0 Å². The van der Waals surface area contributed by atoms with Gasteiger partial charge in [-0.25, -0.2) is 0 Å². The average molecular weight is 428 g/mol. The SMILES string of the molecule is CCN(CC(=O)NC(C)(C)C)CC(=O)N1c2ccccc2NC(=O)C[C@H]1C(F)(F)F. The Bertz CT molecular complexity index is 805. The Morgan fingerprint density at radius 3 is 2.40 bits per heavy atom. The zero-order valence-electron chi connectivity index (χ0n) is 17.5. The molecule has 0 unspecified atom stereocenters. The van der Waals surface area contributed by atoms with Crippen LogP contribution in [0.25, 0.3) is 0 Å². The van der Waals surface area contributed by atoms with Crippen LogP contribution in [0.15, 0.2) is 24.3 Å². The number of anilines is 2. The van der Waals surface area contributed by atoms with Gasteiger partial charge in [0, 0.05) is 5.54 Å². The summed E-state index contributed by atoms with van der Waals surface area (Å²) in [7, 11) is 0. The van der Waals surface area contributed by atoms with Crippen LogP contribution in [0, 0.1) is 0 Å². The predicted octanol–water partition coefficient (Wildman–Crippen LogP) is 2.53. The third kappa shape index (κ3) is 6.19. The Kier molecular flexibility index (Phi) is 7.12. The second kappa shape index (κ2) is 9.03. The number of carbonyl (C=O) groups excluding carboxylic acids is 3. The van der Waals surface area contributed by atoms with Crippen LogP contribution in [0.3, 0.4) is 0 Å². The molecule has 0 saturated heterocycles. The molecule has 1 aromatic rings. The lowest BCUT2D eigenvalue weighted by molar-refractivity contribution is -0.158. The molecule has 1 aliphatic heterocycles. The molecule has 0 bridgehead atoms. The van der Waals surface area contributed by atoms with Gasteiger partial charge in [0.2, 0.25) is 17.7 Å². The van der Waals surface area contributed by atoms with Crippen LogP contribution >= 0.6 is 0 Å². The zero-order valence-corrected chi connectivity index (χ0v) is 17.5. The van der Waals surface area contributed by atoms with E-state index in [1.54, 1.807) is 33.8 Å². The van der Waals surface area contributed by atoms with Crippen molar-refractivity contribution in [1.29, 1.82) is 0 Å². The number of amides is 3. The van der Waals surface area contributed by atoms with E-state index >= 15 is 0 Å². The van der Waals surface area contributed by atoms with Gasteiger partial charge in [-0.2, -0.15) is 13.2 Å². The van der Waals surface area contributed by atoms with Crippen LogP contribution < -0.4 is 15.5 Å². The van der Waals surface area contributed by atoms with Gasteiger partial charge in [-0.3, -0.25) is 24.2 Å². The summed E-state index contributed by atoms with van der Waals surface area (Å²) in [5, 5.41) is 5.19. The van der Waals surface area contributed by atoms with Crippen molar-refractivity contribution in [1.82, 2.24) is 10.2 Å². The first-order valence-electron chi connectivity index (χ1n) is 9.63. The second-order valence-corrected chi connectivity index (χ2v) is 8.19. The molecule has 1 heterocycles. The summed E-state index contributed by atoms with van der Waals surface area (Å²) in [6, 6.07) is 3.57. The number of fused-ring (bicyclic) bond motifs is 1. The van der Waals surface area contributed by atoms with E-state index in [1.165, 1.54) is 23.1 Å². The van der Waals surface area contributed by atoms with E-state index in [4.69, 9.17) is 0 Å². The number of para-hydroxylation sites is 2. The summed E-state index contributed by atoms with van der Waals surface area (Å²) in [6.45, 7) is 6.87. The van der Waals surface area contributed by atoms with Crippen molar-refractivity contribution in [3.05, 3.63) is 24.3 Å². The van der Waals surface area contributed by atoms with Crippen LogP contribution in [-0.4, -0.2) is 60.0 Å². The average Bonchev–Trinajstić information content (AvgIpc) is 2.74. The first kappa shape index (κ1) is 23.7. The summed E-state index contributed by atoms with van der Waals surface area (Å²) in [4.78, 5) is 39.3. The zero-order chi connectivity index (χ0) is 22.7. The molecule has 0 fully saturated rings. The Hall–Kier alpha value is -2.62. The van der Waals surface area contributed by atoms with E-state index in [9.17, 15) is 27.6 Å². The van der Waals surface area contributed by atoms with Gasteiger partial charge < -0.3 is 10.6 Å². The van der Waals surface area contributed by atoms with Crippen molar-refractivity contribution in [2.24, 2.45) is 0 Å². The number of nitrogens with one attached hydrogen (secondary N) is 2. The molecule has 0 saturated carbocycles. The topological polar surface area (TPSA) is 81.8 Å². The fourth-order valence-electron chi connectivity index (χ4n) is 3.20. The second-order valence-electron chi connectivity index (χ2n) is 8.19. The van der Waals surface area contributed by atoms with Crippen LogP contribution in [0.5, 0.6) is 0 Å². The van der Waals surface area contributed by atoms with Crippen molar-refractivity contribution in [3.8, 4) is 0 Å². The molecule has 30 heavy (non-hydrogen) atoms. The van der Waals surface area contributed by atoms with Crippen molar-refractivity contribution >= 4 is 29.1 Å². The molecule has 2 rings (SSSR count). The van der Waals surface area contributed by atoms with Gasteiger partial charge in [-0.05, 0) is 39.4 Å². The van der Waals surface area contributed by atoms with E-state index in [-0.39, 0.29) is 30.4 Å². The molecular weight excluding hydrogens is 401 g/mol. The van der Waals surface area contributed by atoms with Gasteiger partial charge in [0.05, 0.1) is 30.9 Å². The van der Waals surface area contributed by atoms with Gasteiger partial charge in [0.1, 0.15) is 6.04 Å². The van der Waals surface area contributed by atoms with Gasteiger partial charge >= 0.3 is 6.18 Å². The summed E-state index contributed by atoms with van der Waals surface area (Å²) >= 11 is 0. The van der Waals surface area contributed by atoms with Gasteiger partial charge in [-0.15, -0.1) is 0 Å². The number of likely N-dealkylation sites (N-methyl/N-ethyl adjacent to an activating group) is 1. The lowest BCUT2D eigenvalue weighted by atomic mass is 10.1. The number of rotatable bonds is 5. The number of benzene rings is 1. The minimum Gasteiger partial charge on any atom is -0.350 e. The van der Waals surface area contributed by atoms with Crippen LogP contribution in [0.1, 0.15) is 34.1 Å². The number of hydrogen-bond donors (Lipinski definition) is 2. The standard InChI is InChI=1S/C20H27F3N4O3/c1-5-26(11-17(29)25-19(2,3)4)12-18(30)27-14-9-7-6-8-13(14)24-16(28)10-15(27)20(21,22)23/h6-9,15H,5,10-12H2,1-4H3,(H,24,28)(H,25,29)/t15-/m0/s1. The van der Waals surface area contributed by atoms with Gasteiger partial charge in [-0.1, -0.05) is 19.1 Å². The van der Waals surface area contributed by atoms with E-state index in [2.05, 4.69) is 10.6 Å². The van der Waals surface area contributed by atoms with Gasteiger partial charge in [0.15, 0.2) is 0 Å². The van der Waals surface area contributed by atoms with E-state index in [0.29, 0.717) is 4.90 Å². The van der Waals surface area contributed by atoms with Crippen molar-refractivity contribution in [3.63, 3.8) is 0 Å². The Labute approximate surface area is 173 Å². The number of halogens is 3. The lowest BCUT2D eigenvalue weighted by Crippen LogP contribution is -2.53. The summed E-state index contributed by atoms with van der Waals surface area (Å²) in [5.41, 5.74) is -0.362. The highest BCUT2D eigenvalue weighted by Crippen LogP contribution is 2.37. The minimum atomic E-state index is -4.80. The number of hydrogen-bond acceptors (Lipinski definition) is 4. The van der Waals surface area contributed by atoms with E-state index in [0.717, 1.165) is 0 Å². The summed E-state index contributed by atoms with van der Waals surface area (Å²) in [5.74, 6) is -2.00. The van der Waals surface area contributed by atoms with Crippen molar-refractivity contribution in [2.75, 3.05) is 29.9 Å². The number of carbonyl (C=O) groups is 3. The summed E-state index contributed by atoms with van der Waals surface area (Å²) in [6.07, 6.45) is -5.70. The highest BCUT2D eigenvalue weighted by Gasteiger charge is 2.49. The maximum absolute atomic E-state index is 13.8. The third-order valence-corrected chi connectivity index (χ3v) is 4.46. The Morgan fingerprint density at radius 1 is 1.20 bits per heavy atom. The highest BCUT2D eigenvalue weighted by molar-refractivity contribution is 6.05. The molecule has 0 radical (unpaired) electrons. The number of nitrogens with zero attached hydrogens (tertiary/aromatic N) is 2. The molecule has 0 aromatic heterocycles. The molecule has 2 N–H and O–H groups in total. The predicted molar refractivity (Wildman–Crippen MR) is 107 cm³/mol. The first-order chi connectivity index (χ1) is 13.8. The van der Waals surface area contributed by atoms with Crippen molar-refractivity contribution in [2.45, 2.75) is 51.9 Å². The molecule has 3 amide bonds. The van der Waals surface area contributed by atoms with Crippen LogP contribution in [-0.2, 0) is 14.4 Å². The third-order valence-electron chi connectivity index (χ3n) is 4.46. The quantitative estimate of drug-likeness (QED) is 0.755. The normalized spacial score (nSPS) is 17.3. The largest absolute Gasteiger partial charge is 0.409 e. The maximum Gasteiger partial charge on any atom is 0.409 e.